The highest BCUT2D eigenvalue weighted by Crippen LogP contribution is 2.57. The predicted octanol–water partition coefficient (Wildman–Crippen LogP) is 4.71. The maximum atomic E-state index is 15.1. The van der Waals surface area contributed by atoms with Crippen LogP contribution >= 0.6 is 11.6 Å². The van der Waals surface area contributed by atoms with Gasteiger partial charge in [-0.3, -0.25) is 9.59 Å². The van der Waals surface area contributed by atoms with Crippen molar-refractivity contribution in [2.45, 2.75) is 37.3 Å². The number of carbonyl (C=O) groups is 2. The molecule has 2 fully saturated rings. The number of anilines is 2. The van der Waals surface area contributed by atoms with Crippen molar-refractivity contribution in [3.8, 4) is 17.4 Å². The highest BCUT2D eigenvalue weighted by atomic mass is 35.5. The molecule has 3 heterocycles. The number of amides is 2. The number of hydrogen-bond acceptors (Lipinski definition) is 8. The molecule has 214 valence electrons. The number of nitrogens with zero attached hydrogens (tertiary/aromatic N) is 4. The lowest BCUT2D eigenvalue weighted by molar-refractivity contribution is 0.0753. The fourth-order valence-corrected chi connectivity index (χ4v) is 5.74. The van der Waals surface area contributed by atoms with E-state index >= 15 is 4.39 Å². The second kappa shape index (κ2) is 10.5. The van der Waals surface area contributed by atoms with E-state index in [9.17, 15) is 9.59 Å². The first kappa shape index (κ1) is 27.2. The molecule has 2 amide bonds. The zero-order valence-electron chi connectivity index (χ0n) is 23.0. The van der Waals surface area contributed by atoms with Crippen molar-refractivity contribution < 1.29 is 23.5 Å². The lowest BCUT2D eigenvalue weighted by atomic mass is 10.0. The Morgan fingerprint density at radius 3 is 2.63 bits per heavy atom. The van der Waals surface area contributed by atoms with Crippen LogP contribution in [0.3, 0.4) is 0 Å². The van der Waals surface area contributed by atoms with E-state index in [0.29, 0.717) is 11.3 Å². The van der Waals surface area contributed by atoms with Crippen molar-refractivity contribution in [1.29, 1.82) is 0 Å². The fourth-order valence-electron chi connectivity index (χ4n) is 5.61. The summed E-state index contributed by atoms with van der Waals surface area (Å²) in [4.78, 5) is 38.4. The largest absolute Gasteiger partial charge is 0.495 e. The summed E-state index contributed by atoms with van der Waals surface area (Å²) < 4.78 is 26.6. The molecule has 41 heavy (non-hydrogen) atoms. The maximum Gasteiger partial charge on any atom is 0.258 e. The topological polar surface area (TPSA) is 109 Å². The molecule has 0 radical (unpaired) electrons. The molecule has 3 aromatic rings. The summed E-state index contributed by atoms with van der Waals surface area (Å²) in [5.41, 5.74) is 1.27. The molecule has 12 heteroatoms. The number of aromatic nitrogens is 2. The molecule has 1 saturated heterocycles. The van der Waals surface area contributed by atoms with Gasteiger partial charge < -0.3 is 29.9 Å². The molecule has 2 aromatic carbocycles. The molecule has 0 atom stereocenters. The van der Waals surface area contributed by atoms with Crippen LogP contribution in [0.25, 0.3) is 0 Å². The second-order valence-electron chi connectivity index (χ2n) is 10.7. The van der Waals surface area contributed by atoms with E-state index in [1.165, 1.54) is 19.4 Å². The van der Waals surface area contributed by atoms with Crippen LogP contribution in [0, 0.1) is 5.82 Å². The smallest absolute Gasteiger partial charge is 0.258 e. The van der Waals surface area contributed by atoms with E-state index in [-0.39, 0.29) is 51.3 Å². The van der Waals surface area contributed by atoms with Crippen LogP contribution in [0.4, 0.5) is 16.0 Å². The minimum absolute atomic E-state index is 0.0147. The highest BCUT2D eigenvalue weighted by Gasteiger charge is 2.57. The Bertz CT molecular complexity index is 1540. The molecule has 6 rings (SSSR count). The van der Waals surface area contributed by atoms with Crippen molar-refractivity contribution >= 4 is 35.1 Å². The Balaban J connectivity index is 1.23. The number of methoxy groups -OCH3 is 1. The van der Waals surface area contributed by atoms with Crippen LogP contribution in [0.2, 0.25) is 5.02 Å². The molecule has 2 N–H and O–H groups in total. The summed E-state index contributed by atoms with van der Waals surface area (Å²) in [6.45, 7) is 1.74. The molecule has 1 aromatic heterocycles. The van der Waals surface area contributed by atoms with Crippen molar-refractivity contribution in [1.82, 2.24) is 25.1 Å². The van der Waals surface area contributed by atoms with E-state index in [2.05, 4.69) is 25.5 Å². The van der Waals surface area contributed by atoms with Gasteiger partial charge in [-0.1, -0.05) is 23.7 Å². The minimum atomic E-state index is -0.722. The number of rotatable bonds is 7. The molecule has 3 aliphatic rings. The van der Waals surface area contributed by atoms with Gasteiger partial charge in [-0.15, -0.1) is 0 Å². The zero-order valence-corrected chi connectivity index (χ0v) is 23.7. The third-order valence-corrected chi connectivity index (χ3v) is 8.42. The van der Waals surface area contributed by atoms with Gasteiger partial charge in [0.25, 0.3) is 11.8 Å². The van der Waals surface area contributed by atoms with Gasteiger partial charge >= 0.3 is 0 Å². The Morgan fingerprint density at radius 2 is 1.93 bits per heavy atom. The Morgan fingerprint density at radius 1 is 1.17 bits per heavy atom. The van der Waals surface area contributed by atoms with Crippen molar-refractivity contribution in [2.75, 3.05) is 39.6 Å². The van der Waals surface area contributed by atoms with Gasteiger partial charge in [-0.05, 0) is 63.5 Å². The number of hydrogen-bond donors (Lipinski definition) is 2. The number of likely N-dealkylation sites (tertiary alicyclic amines) is 1. The lowest BCUT2D eigenvalue weighted by Gasteiger charge is -2.29. The first-order chi connectivity index (χ1) is 19.7. The molecule has 10 nitrogen and oxygen atoms in total. The summed E-state index contributed by atoms with van der Waals surface area (Å²) in [6.07, 6.45) is 4.76. The third-order valence-electron chi connectivity index (χ3n) is 8.16. The minimum Gasteiger partial charge on any atom is -0.495 e. The summed E-state index contributed by atoms with van der Waals surface area (Å²) >= 11 is 6.36. The number of piperidine rings is 1. The van der Waals surface area contributed by atoms with Gasteiger partial charge in [0.05, 0.1) is 35.7 Å². The molecule has 2 aliphatic heterocycles. The van der Waals surface area contributed by atoms with E-state index in [1.54, 1.807) is 18.0 Å². The summed E-state index contributed by atoms with van der Waals surface area (Å²) in [5, 5.41) is 5.98. The van der Waals surface area contributed by atoms with Gasteiger partial charge in [-0.25, -0.2) is 9.37 Å². The number of fused-ring (bicyclic) bond motifs is 2. The molecular weight excluding hydrogens is 551 g/mol. The first-order valence-electron chi connectivity index (χ1n) is 13.5. The van der Waals surface area contributed by atoms with E-state index < -0.39 is 11.7 Å². The molecule has 0 bridgehead atoms. The van der Waals surface area contributed by atoms with Gasteiger partial charge in [0, 0.05) is 19.2 Å². The quantitative estimate of drug-likeness (QED) is 0.413. The van der Waals surface area contributed by atoms with Crippen LogP contribution in [-0.4, -0.2) is 71.9 Å². The second-order valence-corrected chi connectivity index (χ2v) is 11.1. The van der Waals surface area contributed by atoms with Crippen molar-refractivity contribution in [3.05, 3.63) is 64.1 Å². The predicted molar refractivity (Wildman–Crippen MR) is 151 cm³/mol. The van der Waals surface area contributed by atoms with Gasteiger partial charge in [0.2, 0.25) is 11.8 Å². The Hall–Kier alpha value is -3.96. The van der Waals surface area contributed by atoms with Crippen LogP contribution in [0.15, 0.2) is 36.5 Å². The monoisotopic (exact) mass is 580 g/mol. The third kappa shape index (κ3) is 4.93. The molecule has 1 spiro atoms. The number of ether oxygens (including phenoxy) is 2. The zero-order chi connectivity index (χ0) is 28.9. The average Bonchev–Trinajstić information content (AvgIpc) is 3.74. The van der Waals surface area contributed by atoms with Gasteiger partial charge in [-0.2, -0.15) is 4.98 Å². The standard InChI is InChI=1S/C29H30ClFN6O4/c1-36-11-7-16(8-12-36)33-25(38)17-13-23(40-3)21(14-20(17)31)34-28-32-15-19(30)26(35-28)41-22-6-4-5-18-24(22)27(39)37(2)29(18)9-10-29/h4-6,13-16H,7-12H2,1-3H3,(H,33,38)(H,32,34,35). The molecule has 1 saturated carbocycles. The Kier molecular flexibility index (Phi) is 6.95. The lowest BCUT2D eigenvalue weighted by Crippen LogP contribution is -2.43. The molecule has 0 unspecified atom stereocenters. The first-order valence-corrected chi connectivity index (χ1v) is 13.8. The number of nitrogens with one attached hydrogen (secondary N) is 2. The average molecular weight is 581 g/mol. The number of halogens is 2. The summed E-state index contributed by atoms with van der Waals surface area (Å²) in [6, 6.07) is 7.98. The van der Waals surface area contributed by atoms with Crippen LogP contribution in [0.1, 0.15) is 52.0 Å². The molecular formula is C29H30ClFN6O4. The highest BCUT2D eigenvalue weighted by molar-refractivity contribution is 6.31. The van der Waals surface area contributed by atoms with Crippen molar-refractivity contribution in [3.63, 3.8) is 0 Å². The summed E-state index contributed by atoms with van der Waals surface area (Å²) in [7, 11) is 5.25. The van der Waals surface area contributed by atoms with Crippen molar-refractivity contribution in [2.24, 2.45) is 0 Å². The van der Waals surface area contributed by atoms with Crippen LogP contribution < -0.4 is 20.1 Å². The fraction of sp³-hybridized carbons (Fsp3) is 0.379. The number of carbonyl (C=O) groups excluding carboxylic acids is 2. The van der Waals surface area contributed by atoms with E-state index in [1.807, 2.05) is 19.2 Å². The SMILES string of the molecule is COc1cc(C(=O)NC2CCN(C)CC2)c(F)cc1Nc1ncc(Cl)c(Oc2cccc3c2C(=O)N(C)C32CC2)n1. The summed E-state index contributed by atoms with van der Waals surface area (Å²) in [5.74, 6) is -0.677. The van der Waals surface area contributed by atoms with E-state index in [4.69, 9.17) is 21.1 Å². The van der Waals surface area contributed by atoms with Crippen LogP contribution in [-0.2, 0) is 5.54 Å². The molecule has 1 aliphatic carbocycles. The number of benzene rings is 2. The van der Waals surface area contributed by atoms with E-state index in [0.717, 1.165) is 50.4 Å². The van der Waals surface area contributed by atoms with Gasteiger partial charge in [0.15, 0.2) is 0 Å². The maximum absolute atomic E-state index is 15.1. The van der Waals surface area contributed by atoms with Crippen LogP contribution in [0.5, 0.6) is 17.4 Å². The normalized spacial score (nSPS) is 17.9. The van der Waals surface area contributed by atoms with Gasteiger partial charge in [0.1, 0.15) is 22.3 Å². The Labute approximate surface area is 241 Å².